The highest BCUT2D eigenvalue weighted by molar-refractivity contribution is 9.11. The van der Waals surface area contributed by atoms with Gasteiger partial charge in [-0.2, -0.15) is 0 Å². The molecule has 0 aliphatic heterocycles. The van der Waals surface area contributed by atoms with Crippen molar-refractivity contribution in [2.24, 2.45) is 5.41 Å². The lowest BCUT2D eigenvalue weighted by Crippen LogP contribution is -2.21. The molecule has 17 heavy (non-hydrogen) atoms. The molecule has 1 atom stereocenters. The molecule has 0 aromatic heterocycles. The molecule has 2 rings (SSSR count). The van der Waals surface area contributed by atoms with E-state index in [-0.39, 0.29) is 0 Å². The number of hydrogen-bond acceptors (Lipinski definition) is 0. The summed E-state index contributed by atoms with van der Waals surface area (Å²) in [5, 5.41) is 0. The van der Waals surface area contributed by atoms with Crippen LogP contribution in [0.2, 0.25) is 0 Å². The number of halogens is 3. The Morgan fingerprint density at radius 1 is 1.24 bits per heavy atom. The number of alkyl halides is 1. The summed E-state index contributed by atoms with van der Waals surface area (Å²) < 4.78 is 2.37. The molecule has 0 spiro atoms. The Kier molecular flexibility index (Phi) is 4.76. The summed E-state index contributed by atoms with van der Waals surface area (Å²) in [6, 6.07) is 6.45. The number of rotatable bonds is 3. The Hall–Kier alpha value is 0.660. The van der Waals surface area contributed by atoms with E-state index in [1.165, 1.54) is 42.1 Å². The molecule has 0 heterocycles. The normalized spacial score (nSPS) is 20.5. The SMILES string of the molecule is CCC1(C(Br)c2cc(Br)ccc2Br)CCCC1. The van der Waals surface area contributed by atoms with Gasteiger partial charge < -0.3 is 0 Å². The Labute approximate surface area is 129 Å². The zero-order valence-electron chi connectivity index (χ0n) is 9.98. The second-order valence-corrected chi connectivity index (χ2v) is 7.64. The third-order valence-electron chi connectivity index (χ3n) is 4.07. The smallest absolute Gasteiger partial charge is 0.0463 e. The molecule has 1 unspecified atom stereocenters. The van der Waals surface area contributed by atoms with E-state index < -0.39 is 0 Å². The van der Waals surface area contributed by atoms with Crippen molar-refractivity contribution in [3.8, 4) is 0 Å². The lowest BCUT2D eigenvalue weighted by Gasteiger charge is -2.34. The predicted octanol–water partition coefficient (Wildman–Crippen LogP) is 6.62. The van der Waals surface area contributed by atoms with E-state index >= 15 is 0 Å². The Bertz CT molecular complexity index is 394. The van der Waals surface area contributed by atoms with Crippen LogP contribution in [0, 0.1) is 5.41 Å². The van der Waals surface area contributed by atoms with Crippen LogP contribution in [0.25, 0.3) is 0 Å². The summed E-state index contributed by atoms with van der Waals surface area (Å²) in [6.45, 7) is 2.32. The van der Waals surface area contributed by atoms with Gasteiger partial charge in [0.15, 0.2) is 0 Å². The van der Waals surface area contributed by atoms with E-state index in [1.807, 2.05) is 0 Å². The molecule has 0 saturated heterocycles. The van der Waals surface area contributed by atoms with Gasteiger partial charge in [0.1, 0.15) is 0 Å². The van der Waals surface area contributed by atoms with Crippen molar-refractivity contribution < 1.29 is 0 Å². The molecular formula is C14H17Br3. The van der Waals surface area contributed by atoms with Gasteiger partial charge in [-0.15, -0.1) is 0 Å². The Morgan fingerprint density at radius 3 is 2.47 bits per heavy atom. The maximum absolute atomic E-state index is 3.96. The fourth-order valence-electron chi connectivity index (χ4n) is 2.90. The number of benzene rings is 1. The molecule has 1 aliphatic carbocycles. The van der Waals surface area contributed by atoms with E-state index in [1.54, 1.807) is 0 Å². The van der Waals surface area contributed by atoms with Crippen LogP contribution in [0.1, 0.15) is 49.4 Å². The van der Waals surface area contributed by atoms with E-state index in [0.29, 0.717) is 10.2 Å². The molecule has 1 saturated carbocycles. The fourth-order valence-corrected chi connectivity index (χ4v) is 5.23. The lowest BCUT2D eigenvalue weighted by atomic mass is 9.78. The summed E-state index contributed by atoms with van der Waals surface area (Å²) in [6.07, 6.45) is 6.70. The van der Waals surface area contributed by atoms with Gasteiger partial charge >= 0.3 is 0 Å². The van der Waals surface area contributed by atoms with Crippen molar-refractivity contribution in [3.63, 3.8) is 0 Å². The minimum Gasteiger partial charge on any atom is -0.0832 e. The Balaban J connectivity index is 2.35. The quantitative estimate of drug-likeness (QED) is 0.478. The monoisotopic (exact) mass is 422 g/mol. The topological polar surface area (TPSA) is 0 Å². The Morgan fingerprint density at radius 2 is 1.88 bits per heavy atom. The van der Waals surface area contributed by atoms with Crippen LogP contribution in [0.15, 0.2) is 27.1 Å². The zero-order valence-corrected chi connectivity index (χ0v) is 14.7. The summed E-state index contributed by atoms with van der Waals surface area (Å²) in [4.78, 5) is 0.453. The van der Waals surface area contributed by atoms with Crippen LogP contribution in [-0.2, 0) is 0 Å². The highest BCUT2D eigenvalue weighted by Gasteiger charge is 2.39. The maximum atomic E-state index is 3.96. The molecule has 0 amide bonds. The predicted molar refractivity (Wildman–Crippen MR) is 84.7 cm³/mol. The summed E-state index contributed by atoms with van der Waals surface area (Å²) in [5.41, 5.74) is 1.83. The van der Waals surface area contributed by atoms with E-state index in [2.05, 4.69) is 72.9 Å². The fraction of sp³-hybridized carbons (Fsp3) is 0.571. The van der Waals surface area contributed by atoms with Crippen LogP contribution in [0.5, 0.6) is 0 Å². The highest BCUT2D eigenvalue weighted by atomic mass is 79.9. The molecule has 1 aromatic carbocycles. The van der Waals surface area contributed by atoms with Gasteiger partial charge in [-0.05, 0) is 48.4 Å². The minimum absolute atomic E-state index is 0.448. The van der Waals surface area contributed by atoms with Crippen molar-refractivity contribution >= 4 is 47.8 Å². The van der Waals surface area contributed by atoms with Crippen LogP contribution >= 0.6 is 47.8 Å². The van der Waals surface area contributed by atoms with Crippen LogP contribution in [0.3, 0.4) is 0 Å². The molecule has 1 aromatic rings. The highest BCUT2D eigenvalue weighted by Crippen LogP contribution is 2.55. The first-order valence-electron chi connectivity index (χ1n) is 6.18. The molecule has 0 bridgehead atoms. The average Bonchev–Trinajstić information content (AvgIpc) is 2.81. The summed E-state index contributed by atoms with van der Waals surface area (Å²) in [7, 11) is 0. The van der Waals surface area contributed by atoms with Gasteiger partial charge in [-0.1, -0.05) is 67.6 Å². The molecule has 0 nitrogen and oxygen atoms in total. The number of hydrogen-bond donors (Lipinski definition) is 0. The molecule has 3 heteroatoms. The van der Waals surface area contributed by atoms with Crippen molar-refractivity contribution in [2.45, 2.75) is 43.9 Å². The minimum atomic E-state index is 0.448. The molecule has 1 aliphatic rings. The van der Waals surface area contributed by atoms with Gasteiger partial charge in [0.2, 0.25) is 0 Å². The van der Waals surface area contributed by atoms with Gasteiger partial charge in [0.05, 0.1) is 0 Å². The van der Waals surface area contributed by atoms with Gasteiger partial charge in [0.25, 0.3) is 0 Å². The summed E-state index contributed by atoms with van der Waals surface area (Å²) in [5.74, 6) is 0. The summed E-state index contributed by atoms with van der Waals surface area (Å²) >= 11 is 11.2. The van der Waals surface area contributed by atoms with Crippen molar-refractivity contribution in [1.82, 2.24) is 0 Å². The van der Waals surface area contributed by atoms with Gasteiger partial charge in [-0.25, -0.2) is 0 Å². The van der Waals surface area contributed by atoms with Crippen LogP contribution in [-0.4, -0.2) is 0 Å². The van der Waals surface area contributed by atoms with Gasteiger partial charge in [-0.3, -0.25) is 0 Å². The standard InChI is InChI=1S/C14H17Br3/c1-2-14(7-3-4-8-14)13(17)11-9-10(15)5-6-12(11)16/h5-6,9,13H,2-4,7-8H2,1H3. The third kappa shape index (κ3) is 2.82. The van der Waals surface area contributed by atoms with Crippen LogP contribution in [0.4, 0.5) is 0 Å². The van der Waals surface area contributed by atoms with Crippen molar-refractivity contribution in [3.05, 3.63) is 32.7 Å². The van der Waals surface area contributed by atoms with Crippen molar-refractivity contribution in [2.75, 3.05) is 0 Å². The molecule has 1 fully saturated rings. The van der Waals surface area contributed by atoms with Crippen molar-refractivity contribution in [1.29, 1.82) is 0 Å². The molecule has 0 N–H and O–H groups in total. The largest absolute Gasteiger partial charge is 0.0832 e. The molecular weight excluding hydrogens is 408 g/mol. The van der Waals surface area contributed by atoms with E-state index in [4.69, 9.17) is 0 Å². The van der Waals surface area contributed by atoms with E-state index in [0.717, 1.165) is 4.47 Å². The lowest BCUT2D eigenvalue weighted by molar-refractivity contribution is 0.279. The van der Waals surface area contributed by atoms with E-state index in [9.17, 15) is 0 Å². The van der Waals surface area contributed by atoms with Gasteiger partial charge in [0, 0.05) is 13.8 Å². The maximum Gasteiger partial charge on any atom is 0.0463 e. The zero-order chi connectivity index (χ0) is 12.5. The molecule has 0 radical (unpaired) electrons. The first-order valence-corrected chi connectivity index (χ1v) is 8.68. The second-order valence-electron chi connectivity index (χ2n) is 4.95. The van der Waals surface area contributed by atoms with Crippen LogP contribution < -0.4 is 0 Å². The first kappa shape index (κ1) is 14.1. The molecule has 94 valence electrons. The third-order valence-corrected chi connectivity index (χ3v) is 6.75. The second kappa shape index (κ2) is 5.75. The first-order chi connectivity index (χ1) is 8.09. The average molecular weight is 425 g/mol.